The lowest BCUT2D eigenvalue weighted by Gasteiger charge is -2.42. The van der Waals surface area contributed by atoms with Gasteiger partial charge < -0.3 is 15.0 Å². The number of nitrogens with one attached hydrogen (secondary N) is 1. The Morgan fingerprint density at radius 2 is 2.05 bits per heavy atom. The Bertz CT molecular complexity index is 415. The minimum atomic E-state index is -0.270. The second-order valence-corrected chi connectivity index (χ2v) is 6.97. The molecular formula is C15H24N2O3. The maximum absolute atomic E-state index is 12.7. The molecule has 3 fully saturated rings. The van der Waals surface area contributed by atoms with E-state index in [0.717, 1.165) is 32.5 Å². The molecule has 1 N–H and O–H groups in total. The number of carbonyl (C=O) groups excluding carboxylic acids is 2. The molecule has 2 heterocycles. The number of rotatable bonds is 2. The molecule has 3 aliphatic rings. The molecule has 5 heteroatoms. The van der Waals surface area contributed by atoms with Crippen LogP contribution in [0.5, 0.6) is 0 Å². The lowest BCUT2D eigenvalue weighted by molar-refractivity contribution is -0.146. The SMILES string of the molecule is CC1(C)CNC(=O)CN1C(=O)[C@H]1C[C@@H]1C1CCOCC1. The van der Waals surface area contributed by atoms with Gasteiger partial charge in [-0.15, -0.1) is 0 Å². The van der Waals surface area contributed by atoms with Gasteiger partial charge in [-0.2, -0.15) is 0 Å². The van der Waals surface area contributed by atoms with E-state index in [1.54, 1.807) is 4.90 Å². The van der Waals surface area contributed by atoms with Crippen molar-refractivity contribution in [2.75, 3.05) is 26.3 Å². The first kappa shape index (κ1) is 13.9. The highest BCUT2D eigenvalue weighted by molar-refractivity contribution is 5.89. The summed E-state index contributed by atoms with van der Waals surface area (Å²) in [6, 6.07) is 0. The second-order valence-electron chi connectivity index (χ2n) is 6.97. The van der Waals surface area contributed by atoms with Crippen LogP contribution >= 0.6 is 0 Å². The van der Waals surface area contributed by atoms with E-state index in [1.807, 2.05) is 13.8 Å². The van der Waals surface area contributed by atoms with Crippen molar-refractivity contribution in [1.29, 1.82) is 0 Å². The standard InChI is InChI=1S/C15H24N2O3/c1-15(2)9-16-13(18)8-17(15)14(19)12-7-11(12)10-3-5-20-6-4-10/h10-12H,3-9H2,1-2H3,(H,16,18)/t11-,12+/m1/s1. The Morgan fingerprint density at radius 3 is 2.75 bits per heavy atom. The number of amides is 2. The Labute approximate surface area is 120 Å². The molecule has 2 aliphatic heterocycles. The fraction of sp³-hybridized carbons (Fsp3) is 0.867. The first-order valence-corrected chi connectivity index (χ1v) is 7.65. The number of piperazine rings is 1. The number of carbonyl (C=O) groups is 2. The van der Waals surface area contributed by atoms with Crippen LogP contribution < -0.4 is 5.32 Å². The third-order valence-electron chi connectivity index (χ3n) is 5.05. The molecule has 0 aromatic rings. The highest BCUT2D eigenvalue weighted by Crippen LogP contribution is 2.49. The van der Waals surface area contributed by atoms with E-state index in [4.69, 9.17) is 4.74 Å². The molecule has 1 aliphatic carbocycles. The monoisotopic (exact) mass is 280 g/mol. The van der Waals surface area contributed by atoms with Gasteiger partial charge >= 0.3 is 0 Å². The Hall–Kier alpha value is -1.10. The maximum atomic E-state index is 12.7. The third-order valence-corrected chi connectivity index (χ3v) is 5.05. The highest BCUT2D eigenvalue weighted by Gasteiger charge is 2.51. The van der Waals surface area contributed by atoms with E-state index in [0.29, 0.717) is 18.4 Å². The van der Waals surface area contributed by atoms with Crippen LogP contribution in [0.4, 0.5) is 0 Å². The van der Waals surface area contributed by atoms with E-state index in [9.17, 15) is 9.59 Å². The first-order valence-electron chi connectivity index (χ1n) is 7.65. The van der Waals surface area contributed by atoms with Gasteiger partial charge in [-0.1, -0.05) is 0 Å². The smallest absolute Gasteiger partial charge is 0.239 e. The molecule has 2 saturated heterocycles. The van der Waals surface area contributed by atoms with Gasteiger partial charge in [0.15, 0.2) is 0 Å². The van der Waals surface area contributed by atoms with Crippen molar-refractivity contribution in [2.24, 2.45) is 17.8 Å². The van der Waals surface area contributed by atoms with Gasteiger partial charge in [-0.25, -0.2) is 0 Å². The van der Waals surface area contributed by atoms with E-state index in [1.165, 1.54) is 0 Å². The molecule has 0 radical (unpaired) electrons. The molecule has 2 atom stereocenters. The molecule has 0 aromatic carbocycles. The number of ether oxygens (including phenoxy) is 1. The summed E-state index contributed by atoms with van der Waals surface area (Å²) >= 11 is 0. The van der Waals surface area contributed by atoms with Gasteiger partial charge in [-0.3, -0.25) is 9.59 Å². The molecule has 112 valence electrons. The van der Waals surface area contributed by atoms with Crippen molar-refractivity contribution >= 4 is 11.8 Å². The summed E-state index contributed by atoms with van der Waals surface area (Å²) in [7, 11) is 0. The first-order chi connectivity index (χ1) is 9.49. The van der Waals surface area contributed by atoms with Crippen molar-refractivity contribution in [3.05, 3.63) is 0 Å². The van der Waals surface area contributed by atoms with Crippen LogP contribution in [0.15, 0.2) is 0 Å². The lowest BCUT2D eigenvalue weighted by Crippen LogP contribution is -2.62. The normalized spacial score (nSPS) is 33.7. The van der Waals surface area contributed by atoms with Crippen LogP contribution in [0.1, 0.15) is 33.1 Å². The topological polar surface area (TPSA) is 58.6 Å². The molecule has 0 aromatic heterocycles. The van der Waals surface area contributed by atoms with Crippen molar-refractivity contribution in [2.45, 2.75) is 38.6 Å². The van der Waals surface area contributed by atoms with Crippen molar-refractivity contribution in [3.63, 3.8) is 0 Å². The zero-order valence-electron chi connectivity index (χ0n) is 12.4. The Kier molecular flexibility index (Phi) is 3.48. The molecule has 20 heavy (non-hydrogen) atoms. The average Bonchev–Trinajstić information content (AvgIpc) is 3.22. The lowest BCUT2D eigenvalue weighted by atomic mass is 9.92. The van der Waals surface area contributed by atoms with E-state index in [-0.39, 0.29) is 29.8 Å². The maximum Gasteiger partial charge on any atom is 0.239 e. The minimum Gasteiger partial charge on any atom is -0.381 e. The van der Waals surface area contributed by atoms with Crippen molar-refractivity contribution < 1.29 is 14.3 Å². The van der Waals surface area contributed by atoms with Gasteiger partial charge in [0.1, 0.15) is 6.54 Å². The second kappa shape index (κ2) is 5.02. The number of hydrogen-bond donors (Lipinski definition) is 1. The zero-order chi connectivity index (χ0) is 14.3. The quantitative estimate of drug-likeness (QED) is 0.813. The zero-order valence-corrected chi connectivity index (χ0v) is 12.4. The van der Waals surface area contributed by atoms with Crippen LogP contribution in [-0.4, -0.2) is 48.6 Å². The van der Waals surface area contributed by atoms with Crippen LogP contribution in [0.25, 0.3) is 0 Å². The van der Waals surface area contributed by atoms with Crippen molar-refractivity contribution in [1.82, 2.24) is 10.2 Å². The summed E-state index contributed by atoms with van der Waals surface area (Å²) in [5.74, 6) is 1.44. The molecule has 0 unspecified atom stereocenters. The molecule has 0 spiro atoms. The average molecular weight is 280 g/mol. The summed E-state index contributed by atoms with van der Waals surface area (Å²) in [5.41, 5.74) is -0.270. The van der Waals surface area contributed by atoms with Gasteiger partial charge in [0, 0.05) is 25.7 Å². The van der Waals surface area contributed by atoms with Crippen LogP contribution in [0, 0.1) is 17.8 Å². The summed E-state index contributed by atoms with van der Waals surface area (Å²) < 4.78 is 5.39. The fourth-order valence-electron chi connectivity index (χ4n) is 3.56. The summed E-state index contributed by atoms with van der Waals surface area (Å²) in [6.45, 7) is 6.47. The fourth-order valence-corrected chi connectivity index (χ4v) is 3.56. The van der Waals surface area contributed by atoms with Crippen LogP contribution in [0.2, 0.25) is 0 Å². The van der Waals surface area contributed by atoms with E-state index in [2.05, 4.69) is 5.32 Å². The third kappa shape index (κ3) is 2.55. The molecule has 1 saturated carbocycles. The Balaban J connectivity index is 1.63. The van der Waals surface area contributed by atoms with Gasteiger partial charge in [-0.05, 0) is 44.9 Å². The highest BCUT2D eigenvalue weighted by atomic mass is 16.5. The molecule has 0 bridgehead atoms. The molecular weight excluding hydrogens is 256 g/mol. The summed E-state index contributed by atoms with van der Waals surface area (Å²) in [4.78, 5) is 26.0. The van der Waals surface area contributed by atoms with E-state index >= 15 is 0 Å². The van der Waals surface area contributed by atoms with Crippen molar-refractivity contribution in [3.8, 4) is 0 Å². The van der Waals surface area contributed by atoms with E-state index < -0.39 is 0 Å². The number of hydrogen-bond acceptors (Lipinski definition) is 3. The van der Waals surface area contributed by atoms with Crippen LogP contribution in [-0.2, 0) is 14.3 Å². The molecule has 2 amide bonds. The predicted octanol–water partition coefficient (Wildman–Crippen LogP) is 0.786. The largest absolute Gasteiger partial charge is 0.381 e. The molecule has 5 nitrogen and oxygen atoms in total. The van der Waals surface area contributed by atoms with Gasteiger partial charge in [0.2, 0.25) is 11.8 Å². The summed E-state index contributed by atoms with van der Waals surface area (Å²) in [5, 5.41) is 2.84. The van der Waals surface area contributed by atoms with Crippen LogP contribution in [0.3, 0.4) is 0 Å². The number of nitrogens with zero attached hydrogens (tertiary/aromatic N) is 1. The Morgan fingerprint density at radius 1 is 1.35 bits per heavy atom. The van der Waals surface area contributed by atoms with Gasteiger partial charge in [0.05, 0.1) is 5.54 Å². The summed E-state index contributed by atoms with van der Waals surface area (Å²) in [6.07, 6.45) is 3.16. The minimum absolute atomic E-state index is 0.0408. The molecule has 3 rings (SSSR count). The van der Waals surface area contributed by atoms with Gasteiger partial charge in [0.25, 0.3) is 0 Å². The predicted molar refractivity (Wildman–Crippen MR) is 73.9 cm³/mol.